The number of fused-ring (bicyclic) bond motifs is 1. The lowest BCUT2D eigenvalue weighted by Gasteiger charge is -1.74. The molecule has 4 heteroatoms. The molecular formula is C6H5N3O. The monoisotopic (exact) mass is 135 g/mol. The number of nitrogens with one attached hydrogen (secondary N) is 1. The highest BCUT2D eigenvalue weighted by atomic mass is 16.3. The van der Waals surface area contributed by atoms with Crippen molar-refractivity contribution in [3.63, 3.8) is 0 Å². The van der Waals surface area contributed by atoms with Crippen molar-refractivity contribution >= 4 is 11.5 Å². The van der Waals surface area contributed by atoms with Crippen LogP contribution in [0.2, 0.25) is 0 Å². The van der Waals surface area contributed by atoms with Crippen LogP contribution in [0.1, 0.15) is 0 Å². The summed E-state index contributed by atoms with van der Waals surface area (Å²) in [5, 5.41) is 2.75. The summed E-state index contributed by atoms with van der Waals surface area (Å²) in [7, 11) is 0. The number of imidazole rings is 1. The number of nitroso groups, excluding NO2 is 1. The number of hydrogen-bond donors (Lipinski definition) is 1. The number of rotatable bonds is 1. The van der Waals surface area contributed by atoms with Gasteiger partial charge >= 0.3 is 0 Å². The molecule has 0 aliphatic carbocycles. The molecule has 1 N–H and O–H groups in total. The van der Waals surface area contributed by atoms with Gasteiger partial charge < -0.3 is 9.38 Å². The van der Waals surface area contributed by atoms with Gasteiger partial charge in [0.05, 0.1) is 6.20 Å². The van der Waals surface area contributed by atoms with E-state index in [2.05, 4.69) is 10.2 Å². The minimum Gasteiger partial charge on any atom is -0.322 e. The quantitative estimate of drug-likeness (QED) is 0.594. The second-order valence-electron chi connectivity index (χ2n) is 2.03. The van der Waals surface area contributed by atoms with Gasteiger partial charge in [-0.25, -0.2) is 0 Å². The summed E-state index contributed by atoms with van der Waals surface area (Å²) >= 11 is 0. The summed E-state index contributed by atoms with van der Waals surface area (Å²) in [5.74, 6) is 0.357. The van der Waals surface area contributed by atoms with Crippen LogP contribution >= 0.6 is 0 Å². The van der Waals surface area contributed by atoms with Crippen LogP contribution in [0, 0.1) is 4.91 Å². The largest absolute Gasteiger partial charge is 0.322 e. The van der Waals surface area contributed by atoms with Crippen molar-refractivity contribution in [3.8, 4) is 0 Å². The van der Waals surface area contributed by atoms with Crippen LogP contribution in [0.15, 0.2) is 29.7 Å². The number of H-pyrrole nitrogens is 1. The second kappa shape index (κ2) is 1.70. The standard InChI is InChI=1S/C6H5N3O/c10-8-5-4-9-3-1-2-6(9)7-5/h1-4,7H. The van der Waals surface area contributed by atoms with Gasteiger partial charge in [-0.2, -0.15) is 0 Å². The van der Waals surface area contributed by atoms with Crippen LogP contribution < -0.4 is 0 Å². The first-order chi connectivity index (χ1) is 4.90. The Labute approximate surface area is 56.5 Å². The van der Waals surface area contributed by atoms with E-state index in [4.69, 9.17) is 0 Å². The summed E-state index contributed by atoms with van der Waals surface area (Å²) in [6.07, 6.45) is 3.49. The number of hydrogen-bond acceptors (Lipinski definition) is 2. The van der Waals surface area contributed by atoms with Crippen LogP contribution in [-0.2, 0) is 0 Å². The van der Waals surface area contributed by atoms with E-state index in [0.29, 0.717) is 5.82 Å². The average Bonchev–Trinajstić information content (AvgIpc) is 2.42. The molecule has 0 aliphatic heterocycles. The molecule has 0 fully saturated rings. The van der Waals surface area contributed by atoms with E-state index in [9.17, 15) is 4.91 Å². The molecule has 0 unspecified atom stereocenters. The zero-order chi connectivity index (χ0) is 6.97. The van der Waals surface area contributed by atoms with Gasteiger partial charge in [-0.3, -0.25) is 0 Å². The Morgan fingerprint density at radius 1 is 1.60 bits per heavy atom. The van der Waals surface area contributed by atoms with E-state index in [1.54, 1.807) is 10.6 Å². The van der Waals surface area contributed by atoms with Crippen molar-refractivity contribution in [2.45, 2.75) is 0 Å². The van der Waals surface area contributed by atoms with Crippen molar-refractivity contribution in [1.29, 1.82) is 0 Å². The first-order valence-corrected chi connectivity index (χ1v) is 2.89. The third-order valence-corrected chi connectivity index (χ3v) is 1.39. The normalized spacial score (nSPS) is 10.4. The van der Waals surface area contributed by atoms with Gasteiger partial charge in [0, 0.05) is 6.20 Å². The van der Waals surface area contributed by atoms with Crippen LogP contribution in [0.5, 0.6) is 0 Å². The van der Waals surface area contributed by atoms with Gasteiger partial charge in [-0.1, -0.05) is 0 Å². The highest BCUT2D eigenvalue weighted by Crippen LogP contribution is 2.11. The number of aromatic amines is 1. The van der Waals surface area contributed by atoms with Crippen molar-refractivity contribution < 1.29 is 0 Å². The Morgan fingerprint density at radius 2 is 2.50 bits per heavy atom. The number of aromatic nitrogens is 2. The lowest BCUT2D eigenvalue weighted by atomic mass is 10.6. The zero-order valence-electron chi connectivity index (χ0n) is 5.11. The molecule has 50 valence electrons. The topological polar surface area (TPSA) is 49.6 Å². The Balaban J connectivity index is 2.78. The van der Waals surface area contributed by atoms with Crippen molar-refractivity contribution in [2.75, 3.05) is 0 Å². The maximum Gasteiger partial charge on any atom is 0.193 e. The van der Waals surface area contributed by atoms with Crippen LogP contribution in [0.3, 0.4) is 0 Å². The lowest BCUT2D eigenvalue weighted by molar-refractivity contribution is 1.23. The highest BCUT2D eigenvalue weighted by molar-refractivity contribution is 5.46. The molecule has 0 radical (unpaired) electrons. The average molecular weight is 135 g/mol. The van der Waals surface area contributed by atoms with E-state index in [1.807, 2.05) is 18.3 Å². The molecule has 2 rings (SSSR count). The van der Waals surface area contributed by atoms with E-state index in [0.717, 1.165) is 5.65 Å². The lowest BCUT2D eigenvalue weighted by Crippen LogP contribution is -1.67. The first-order valence-electron chi connectivity index (χ1n) is 2.89. The molecule has 0 saturated carbocycles. The Kier molecular flexibility index (Phi) is 0.887. The van der Waals surface area contributed by atoms with Crippen LogP contribution in [-0.4, -0.2) is 9.38 Å². The van der Waals surface area contributed by atoms with Gasteiger partial charge in [0.2, 0.25) is 0 Å². The maximum absolute atomic E-state index is 9.98. The minimum atomic E-state index is 0.357. The van der Waals surface area contributed by atoms with Crippen molar-refractivity contribution in [2.24, 2.45) is 5.18 Å². The Hall–Kier alpha value is -1.58. The predicted octanol–water partition coefficient (Wildman–Crippen LogP) is 1.67. The summed E-state index contributed by atoms with van der Waals surface area (Å²) in [4.78, 5) is 12.8. The molecule has 0 bridgehead atoms. The predicted molar refractivity (Wildman–Crippen MR) is 37.2 cm³/mol. The molecule has 0 aromatic carbocycles. The molecule has 0 amide bonds. The first kappa shape index (κ1) is 5.22. The van der Waals surface area contributed by atoms with E-state index in [-0.39, 0.29) is 0 Å². The fourth-order valence-corrected chi connectivity index (χ4v) is 0.954. The third kappa shape index (κ3) is 0.556. The SMILES string of the molecule is O=Nc1cn2cccc2[nH]1. The van der Waals surface area contributed by atoms with Gasteiger partial charge in [-0.05, 0) is 17.3 Å². The minimum absolute atomic E-state index is 0.357. The second-order valence-corrected chi connectivity index (χ2v) is 2.03. The molecule has 0 spiro atoms. The molecule has 2 aromatic rings. The van der Waals surface area contributed by atoms with Gasteiger partial charge in [-0.15, -0.1) is 4.91 Å². The summed E-state index contributed by atoms with van der Waals surface area (Å²) in [6.45, 7) is 0. The Bertz CT molecular complexity index is 331. The van der Waals surface area contributed by atoms with Crippen molar-refractivity contribution in [3.05, 3.63) is 29.4 Å². The maximum atomic E-state index is 9.98. The zero-order valence-corrected chi connectivity index (χ0v) is 5.11. The molecule has 0 atom stereocenters. The summed E-state index contributed by atoms with van der Waals surface area (Å²) in [6, 6.07) is 3.76. The molecule has 2 heterocycles. The molecule has 0 saturated heterocycles. The van der Waals surface area contributed by atoms with Crippen molar-refractivity contribution in [1.82, 2.24) is 9.38 Å². The summed E-state index contributed by atoms with van der Waals surface area (Å²) < 4.78 is 1.80. The Morgan fingerprint density at radius 3 is 3.20 bits per heavy atom. The molecular weight excluding hydrogens is 130 g/mol. The third-order valence-electron chi connectivity index (χ3n) is 1.39. The number of nitrogens with zero attached hydrogens (tertiary/aromatic N) is 2. The summed E-state index contributed by atoms with van der Waals surface area (Å²) in [5.41, 5.74) is 0.884. The molecule has 4 nitrogen and oxygen atoms in total. The fourth-order valence-electron chi connectivity index (χ4n) is 0.954. The van der Waals surface area contributed by atoms with E-state index < -0.39 is 0 Å². The van der Waals surface area contributed by atoms with E-state index in [1.165, 1.54) is 0 Å². The van der Waals surface area contributed by atoms with Crippen LogP contribution in [0.4, 0.5) is 5.82 Å². The van der Waals surface area contributed by atoms with E-state index >= 15 is 0 Å². The molecule has 10 heavy (non-hydrogen) atoms. The highest BCUT2D eigenvalue weighted by Gasteiger charge is 1.96. The van der Waals surface area contributed by atoms with Gasteiger partial charge in [0.25, 0.3) is 0 Å². The van der Waals surface area contributed by atoms with Gasteiger partial charge in [0.15, 0.2) is 5.82 Å². The van der Waals surface area contributed by atoms with Gasteiger partial charge in [0.1, 0.15) is 5.65 Å². The smallest absolute Gasteiger partial charge is 0.193 e. The fraction of sp³-hybridized carbons (Fsp3) is 0. The molecule has 0 aliphatic rings. The van der Waals surface area contributed by atoms with Crippen LogP contribution in [0.25, 0.3) is 5.65 Å². The molecule has 2 aromatic heterocycles.